The van der Waals surface area contributed by atoms with Gasteiger partial charge in [-0.05, 0) is 18.4 Å². The highest BCUT2D eigenvalue weighted by molar-refractivity contribution is 5.31. The van der Waals surface area contributed by atoms with Crippen LogP contribution in [0.25, 0.3) is 0 Å². The molecule has 0 unspecified atom stereocenters. The molecule has 0 amide bonds. The lowest BCUT2D eigenvalue weighted by Crippen LogP contribution is -2.42. The van der Waals surface area contributed by atoms with Crippen molar-refractivity contribution in [1.82, 2.24) is 5.32 Å². The van der Waals surface area contributed by atoms with Crippen molar-refractivity contribution in [3.63, 3.8) is 0 Å². The van der Waals surface area contributed by atoms with Gasteiger partial charge in [0.25, 0.3) is 0 Å². The smallest absolute Gasteiger partial charge is 0.0495 e. The zero-order valence-corrected chi connectivity index (χ0v) is 11.2. The highest BCUT2D eigenvalue weighted by atomic mass is 15.0. The van der Waals surface area contributed by atoms with Crippen LogP contribution in [0.4, 0.5) is 0 Å². The topological polar surface area (TPSA) is 12.0 Å². The van der Waals surface area contributed by atoms with Crippen molar-refractivity contribution in [2.45, 2.75) is 54.5 Å². The largest absolute Gasteiger partial charge is 0.381 e. The second-order valence-corrected chi connectivity index (χ2v) is 6.71. The summed E-state index contributed by atoms with van der Waals surface area (Å²) >= 11 is 0. The molecule has 1 rings (SSSR count). The molecule has 0 aromatic heterocycles. The first-order chi connectivity index (χ1) is 6.60. The minimum Gasteiger partial charge on any atom is -0.381 e. The Morgan fingerprint density at radius 1 is 1.07 bits per heavy atom. The van der Waals surface area contributed by atoms with Crippen LogP contribution in [0.2, 0.25) is 0 Å². The second kappa shape index (κ2) is 3.70. The Morgan fingerprint density at radius 2 is 1.60 bits per heavy atom. The van der Waals surface area contributed by atoms with E-state index in [4.69, 9.17) is 0 Å². The Morgan fingerprint density at radius 3 is 2.00 bits per heavy atom. The van der Waals surface area contributed by atoms with E-state index in [0.29, 0.717) is 6.04 Å². The van der Waals surface area contributed by atoms with Gasteiger partial charge < -0.3 is 5.32 Å². The van der Waals surface area contributed by atoms with Gasteiger partial charge in [-0.25, -0.2) is 0 Å². The summed E-state index contributed by atoms with van der Waals surface area (Å²) in [5, 5.41) is 3.65. The third kappa shape index (κ3) is 3.12. The highest BCUT2D eigenvalue weighted by Gasteiger charge is 2.28. The fourth-order valence-corrected chi connectivity index (χ4v) is 1.69. The minimum absolute atomic E-state index is 0.207. The summed E-state index contributed by atoms with van der Waals surface area (Å²) in [6.45, 7) is 15.8. The van der Waals surface area contributed by atoms with E-state index in [9.17, 15) is 0 Å². The Kier molecular flexibility index (Phi) is 3.04. The fraction of sp³-hybridized carbons (Fsp3) is 0.714. The van der Waals surface area contributed by atoms with Gasteiger partial charge in [0.05, 0.1) is 0 Å². The summed E-state index contributed by atoms with van der Waals surface area (Å²) in [6.07, 6.45) is 4.59. The molecular formula is C14H25N. The third-order valence-corrected chi connectivity index (χ3v) is 2.85. The summed E-state index contributed by atoms with van der Waals surface area (Å²) < 4.78 is 0. The van der Waals surface area contributed by atoms with Crippen LogP contribution in [0.3, 0.4) is 0 Å². The molecule has 1 aliphatic heterocycles. The maximum Gasteiger partial charge on any atom is 0.0495 e. The number of rotatable bonds is 0. The second-order valence-electron chi connectivity index (χ2n) is 6.71. The zero-order chi connectivity index (χ0) is 11.9. The van der Waals surface area contributed by atoms with Crippen LogP contribution in [0.15, 0.2) is 23.4 Å². The van der Waals surface area contributed by atoms with Gasteiger partial charge in [0.2, 0.25) is 0 Å². The maximum absolute atomic E-state index is 3.65. The van der Waals surface area contributed by atoms with Crippen molar-refractivity contribution in [1.29, 1.82) is 0 Å². The molecule has 0 aliphatic carbocycles. The van der Waals surface area contributed by atoms with E-state index in [2.05, 4.69) is 65.9 Å². The van der Waals surface area contributed by atoms with Gasteiger partial charge in [-0.2, -0.15) is 0 Å². The van der Waals surface area contributed by atoms with Gasteiger partial charge >= 0.3 is 0 Å². The SMILES string of the molecule is CC1=C[C@@H](C(C)(C)C)NC(C(C)(C)C)=C1. The molecule has 1 nitrogen and oxygen atoms in total. The number of nitrogens with one attached hydrogen (secondary N) is 1. The molecule has 0 bridgehead atoms. The summed E-state index contributed by atoms with van der Waals surface area (Å²) in [5.41, 5.74) is 3.20. The monoisotopic (exact) mass is 207 g/mol. The lowest BCUT2D eigenvalue weighted by molar-refractivity contribution is 0.304. The molecule has 86 valence electrons. The molecule has 0 spiro atoms. The molecule has 1 atom stereocenters. The normalized spacial score (nSPS) is 23.0. The molecule has 1 N–H and O–H groups in total. The number of allylic oxidation sites excluding steroid dienone is 3. The van der Waals surface area contributed by atoms with Crippen LogP contribution in [0, 0.1) is 10.8 Å². The van der Waals surface area contributed by atoms with Gasteiger partial charge in [0.15, 0.2) is 0 Å². The van der Waals surface area contributed by atoms with E-state index in [-0.39, 0.29) is 10.8 Å². The van der Waals surface area contributed by atoms with Gasteiger partial charge in [0, 0.05) is 17.2 Å². The minimum atomic E-state index is 0.207. The summed E-state index contributed by atoms with van der Waals surface area (Å²) in [6, 6.07) is 0.441. The molecule has 1 heterocycles. The zero-order valence-electron chi connectivity index (χ0n) is 11.2. The van der Waals surface area contributed by atoms with Gasteiger partial charge in [0.1, 0.15) is 0 Å². The molecule has 1 aliphatic rings. The Balaban J connectivity index is 2.96. The Hall–Kier alpha value is -0.720. The third-order valence-electron chi connectivity index (χ3n) is 2.85. The van der Waals surface area contributed by atoms with Crippen LogP contribution in [-0.2, 0) is 0 Å². The van der Waals surface area contributed by atoms with Crippen LogP contribution in [-0.4, -0.2) is 6.04 Å². The van der Waals surface area contributed by atoms with Gasteiger partial charge in [-0.3, -0.25) is 0 Å². The molecule has 0 aromatic rings. The van der Waals surface area contributed by atoms with Gasteiger partial charge in [-0.1, -0.05) is 53.2 Å². The van der Waals surface area contributed by atoms with Crippen molar-refractivity contribution in [3.8, 4) is 0 Å². The van der Waals surface area contributed by atoms with Crippen molar-refractivity contribution < 1.29 is 0 Å². The first kappa shape index (κ1) is 12.4. The average Bonchev–Trinajstić information content (AvgIpc) is 1.99. The van der Waals surface area contributed by atoms with Crippen molar-refractivity contribution in [2.75, 3.05) is 0 Å². The molecule has 1 heteroatoms. The Labute approximate surface area is 94.6 Å². The summed E-state index contributed by atoms with van der Waals surface area (Å²) in [4.78, 5) is 0. The van der Waals surface area contributed by atoms with Crippen LogP contribution in [0.1, 0.15) is 48.5 Å². The average molecular weight is 207 g/mol. The highest BCUT2D eigenvalue weighted by Crippen LogP contribution is 2.31. The number of hydrogen-bond donors (Lipinski definition) is 1. The van der Waals surface area contributed by atoms with Crippen molar-refractivity contribution in [3.05, 3.63) is 23.4 Å². The van der Waals surface area contributed by atoms with E-state index < -0.39 is 0 Å². The molecular weight excluding hydrogens is 182 g/mol. The lowest BCUT2D eigenvalue weighted by Gasteiger charge is -2.38. The van der Waals surface area contributed by atoms with E-state index >= 15 is 0 Å². The maximum atomic E-state index is 3.65. The Bertz CT molecular complexity index is 294. The molecule has 0 saturated carbocycles. The van der Waals surface area contributed by atoms with Crippen molar-refractivity contribution >= 4 is 0 Å². The molecule has 15 heavy (non-hydrogen) atoms. The fourth-order valence-electron chi connectivity index (χ4n) is 1.69. The predicted molar refractivity (Wildman–Crippen MR) is 67.7 cm³/mol. The lowest BCUT2D eigenvalue weighted by atomic mass is 9.81. The standard InChI is InChI=1S/C14H25N/c1-10-8-11(13(2,3)4)15-12(9-10)14(5,6)7/h8-9,11,15H,1-7H3/t11-/m0/s1. The molecule has 0 aromatic carbocycles. The quantitative estimate of drug-likeness (QED) is 0.635. The van der Waals surface area contributed by atoms with E-state index in [0.717, 1.165) is 0 Å². The van der Waals surface area contributed by atoms with E-state index in [1.54, 1.807) is 0 Å². The number of hydrogen-bond acceptors (Lipinski definition) is 1. The molecule has 0 fully saturated rings. The van der Waals surface area contributed by atoms with Crippen molar-refractivity contribution in [2.24, 2.45) is 10.8 Å². The van der Waals surface area contributed by atoms with E-state index in [1.165, 1.54) is 11.3 Å². The summed E-state index contributed by atoms with van der Waals surface area (Å²) in [7, 11) is 0. The van der Waals surface area contributed by atoms with Crippen LogP contribution < -0.4 is 5.32 Å². The first-order valence-electron chi connectivity index (χ1n) is 5.78. The molecule has 0 saturated heterocycles. The van der Waals surface area contributed by atoms with E-state index in [1.807, 2.05) is 0 Å². The summed E-state index contributed by atoms with van der Waals surface area (Å²) in [5.74, 6) is 0. The molecule has 0 radical (unpaired) electrons. The van der Waals surface area contributed by atoms with Gasteiger partial charge in [-0.15, -0.1) is 0 Å². The predicted octanol–water partition coefficient (Wildman–Crippen LogP) is 3.88. The number of dihydropyridines is 1. The van der Waals surface area contributed by atoms with Crippen LogP contribution >= 0.6 is 0 Å². The van der Waals surface area contributed by atoms with Crippen LogP contribution in [0.5, 0.6) is 0 Å². The first-order valence-corrected chi connectivity index (χ1v) is 5.78.